The number of hydrogen-bond acceptors (Lipinski definition) is 2. The molecular weight excluding hydrogens is 368 g/mol. The third kappa shape index (κ3) is 1.24. The molecule has 0 saturated carbocycles. The van der Waals surface area contributed by atoms with Crippen LogP contribution in [0.5, 0.6) is 0 Å². The summed E-state index contributed by atoms with van der Waals surface area (Å²) in [6.45, 7) is 0. The van der Waals surface area contributed by atoms with Gasteiger partial charge in [0, 0.05) is 12.4 Å². The van der Waals surface area contributed by atoms with E-state index in [1.54, 1.807) is 12.4 Å². The highest BCUT2D eigenvalue weighted by Crippen LogP contribution is 2.15. The molecule has 0 atom stereocenters. The van der Waals surface area contributed by atoms with Crippen LogP contribution in [-0.2, 0) is 0 Å². The van der Waals surface area contributed by atoms with E-state index in [0.717, 1.165) is 13.0 Å². The summed E-state index contributed by atoms with van der Waals surface area (Å²) in [6, 6.07) is 0. The van der Waals surface area contributed by atoms with E-state index in [1.165, 1.54) is 0 Å². The zero-order valence-electron chi connectivity index (χ0n) is 5.33. The number of aromatic nitrogens is 3. The molecule has 2 heterocycles. The molecular formula is C6H3I2N3. The SMILES string of the molecule is Ic1nc2cnccn2c1I. The summed E-state index contributed by atoms with van der Waals surface area (Å²) in [4.78, 5) is 8.27. The van der Waals surface area contributed by atoms with Crippen LogP contribution in [0.2, 0.25) is 0 Å². The molecule has 0 aliphatic carbocycles. The molecule has 0 bridgehead atoms. The summed E-state index contributed by atoms with van der Waals surface area (Å²) >= 11 is 4.47. The van der Waals surface area contributed by atoms with Gasteiger partial charge in [0.1, 0.15) is 7.40 Å². The Balaban J connectivity index is 2.92. The second-order valence-corrected chi connectivity index (χ2v) is 4.04. The number of rotatable bonds is 0. The summed E-state index contributed by atoms with van der Waals surface area (Å²) in [6.07, 6.45) is 5.42. The third-order valence-corrected chi connectivity index (χ3v) is 4.15. The molecule has 0 aliphatic rings. The number of fused-ring (bicyclic) bond motifs is 1. The van der Waals surface area contributed by atoms with E-state index in [1.807, 2.05) is 10.6 Å². The zero-order valence-corrected chi connectivity index (χ0v) is 9.64. The molecule has 0 saturated heterocycles. The van der Waals surface area contributed by atoms with Gasteiger partial charge in [-0.05, 0) is 45.2 Å². The van der Waals surface area contributed by atoms with Gasteiger partial charge in [0.25, 0.3) is 0 Å². The Morgan fingerprint density at radius 2 is 2.18 bits per heavy atom. The smallest absolute Gasteiger partial charge is 0.157 e. The van der Waals surface area contributed by atoms with Gasteiger partial charge in [-0.3, -0.25) is 9.38 Å². The van der Waals surface area contributed by atoms with E-state index in [4.69, 9.17) is 0 Å². The van der Waals surface area contributed by atoms with Gasteiger partial charge in [0.05, 0.1) is 6.20 Å². The molecule has 0 spiro atoms. The maximum absolute atomic E-state index is 4.29. The summed E-state index contributed by atoms with van der Waals surface area (Å²) in [7, 11) is 0. The number of imidazole rings is 1. The molecule has 56 valence electrons. The molecule has 2 aromatic rings. The lowest BCUT2D eigenvalue weighted by Gasteiger charge is -1.90. The van der Waals surface area contributed by atoms with Gasteiger partial charge in [-0.15, -0.1) is 0 Å². The fourth-order valence-corrected chi connectivity index (χ4v) is 1.88. The van der Waals surface area contributed by atoms with E-state index < -0.39 is 0 Å². The van der Waals surface area contributed by atoms with Crippen LogP contribution in [-0.4, -0.2) is 14.4 Å². The summed E-state index contributed by atoms with van der Waals surface area (Å²) in [5.74, 6) is 0. The van der Waals surface area contributed by atoms with Gasteiger partial charge in [-0.1, -0.05) is 0 Å². The van der Waals surface area contributed by atoms with Crippen molar-refractivity contribution < 1.29 is 0 Å². The highest BCUT2D eigenvalue weighted by atomic mass is 127. The Bertz CT molecular complexity index is 396. The topological polar surface area (TPSA) is 30.2 Å². The fraction of sp³-hybridized carbons (Fsp3) is 0. The fourth-order valence-electron chi connectivity index (χ4n) is 0.848. The molecule has 5 heteroatoms. The van der Waals surface area contributed by atoms with E-state index in [-0.39, 0.29) is 0 Å². The van der Waals surface area contributed by atoms with Gasteiger partial charge < -0.3 is 0 Å². The molecule has 0 unspecified atom stereocenters. The van der Waals surface area contributed by atoms with Crippen LogP contribution >= 0.6 is 45.2 Å². The Morgan fingerprint density at radius 1 is 1.36 bits per heavy atom. The highest BCUT2D eigenvalue weighted by Gasteiger charge is 2.04. The first kappa shape index (κ1) is 7.71. The lowest BCUT2D eigenvalue weighted by atomic mass is 10.7. The van der Waals surface area contributed by atoms with Crippen LogP contribution in [0.4, 0.5) is 0 Å². The van der Waals surface area contributed by atoms with Crippen molar-refractivity contribution in [2.24, 2.45) is 0 Å². The standard InChI is InChI=1S/C6H3I2N3/c7-5-6(8)11-2-1-9-3-4(11)10-5/h1-3H. The van der Waals surface area contributed by atoms with Crippen LogP contribution in [0.3, 0.4) is 0 Å². The second kappa shape index (κ2) is 2.85. The molecule has 2 aromatic heterocycles. The largest absolute Gasteiger partial charge is 0.291 e. The molecule has 11 heavy (non-hydrogen) atoms. The zero-order chi connectivity index (χ0) is 7.84. The maximum Gasteiger partial charge on any atom is 0.157 e. The van der Waals surface area contributed by atoms with Crippen molar-refractivity contribution >= 4 is 50.8 Å². The number of hydrogen-bond donors (Lipinski definition) is 0. The van der Waals surface area contributed by atoms with Crippen LogP contribution in [0.25, 0.3) is 5.65 Å². The normalized spacial score (nSPS) is 10.7. The van der Waals surface area contributed by atoms with E-state index in [0.29, 0.717) is 0 Å². The minimum Gasteiger partial charge on any atom is -0.291 e. The number of nitrogens with zero attached hydrogens (tertiary/aromatic N) is 3. The van der Waals surface area contributed by atoms with Crippen molar-refractivity contribution in [1.82, 2.24) is 14.4 Å². The first-order valence-corrected chi connectivity index (χ1v) is 5.08. The van der Waals surface area contributed by atoms with Gasteiger partial charge in [-0.25, -0.2) is 4.98 Å². The van der Waals surface area contributed by atoms with Crippen LogP contribution in [0.15, 0.2) is 18.6 Å². The molecule has 0 aliphatic heterocycles. The first-order chi connectivity index (χ1) is 5.29. The third-order valence-electron chi connectivity index (χ3n) is 1.33. The minimum atomic E-state index is 0.904. The summed E-state index contributed by atoms with van der Waals surface area (Å²) in [5, 5.41) is 0. The lowest BCUT2D eigenvalue weighted by Crippen LogP contribution is -1.86. The highest BCUT2D eigenvalue weighted by molar-refractivity contribution is 14.1. The molecule has 0 amide bonds. The van der Waals surface area contributed by atoms with Crippen molar-refractivity contribution in [2.75, 3.05) is 0 Å². The van der Waals surface area contributed by atoms with Crippen LogP contribution in [0.1, 0.15) is 0 Å². The van der Waals surface area contributed by atoms with Gasteiger partial charge in [0.15, 0.2) is 5.65 Å². The van der Waals surface area contributed by atoms with Gasteiger partial charge in [0.2, 0.25) is 0 Å². The summed E-state index contributed by atoms with van der Waals surface area (Å²) < 4.78 is 4.17. The average molecular weight is 371 g/mol. The predicted molar refractivity (Wildman–Crippen MR) is 58.4 cm³/mol. The van der Waals surface area contributed by atoms with Crippen LogP contribution < -0.4 is 0 Å². The molecule has 2 rings (SSSR count). The Kier molecular flexibility index (Phi) is 2.00. The average Bonchev–Trinajstić information content (AvgIpc) is 2.30. The Hall–Kier alpha value is 0.0800. The summed E-state index contributed by atoms with van der Waals surface area (Å²) in [5.41, 5.74) is 0.904. The monoisotopic (exact) mass is 371 g/mol. The van der Waals surface area contributed by atoms with Crippen molar-refractivity contribution in [3.05, 3.63) is 26.0 Å². The molecule has 3 nitrogen and oxygen atoms in total. The van der Waals surface area contributed by atoms with E-state index in [2.05, 4.69) is 55.1 Å². The van der Waals surface area contributed by atoms with E-state index in [9.17, 15) is 0 Å². The van der Waals surface area contributed by atoms with Crippen molar-refractivity contribution in [3.63, 3.8) is 0 Å². The van der Waals surface area contributed by atoms with Crippen LogP contribution in [0, 0.1) is 7.40 Å². The van der Waals surface area contributed by atoms with Gasteiger partial charge >= 0.3 is 0 Å². The van der Waals surface area contributed by atoms with Crippen molar-refractivity contribution in [2.45, 2.75) is 0 Å². The van der Waals surface area contributed by atoms with E-state index >= 15 is 0 Å². The minimum absolute atomic E-state index is 0.904. The number of halogens is 2. The first-order valence-electron chi connectivity index (χ1n) is 2.92. The lowest BCUT2D eigenvalue weighted by molar-refractivity contribution is 1.10. The Labute approximate surface area is 90.5 Å². The van der Waals surface area contributed by atoms with Crippen molar-refractivity contribution in [1.29, 1.82) is 0 Å². The molecule has 0 fully saturated rings. The molecule has 0 aromatic carbocycles. The predicted octanol–water partition coefficient (Wildman–Crippen LogP) is 1.94. The quantitative estimate of drug-likeness (QED) is 0.663. The van der Waals surface area contributed by atoms with Crippen molar-refractivity contribution in [3.8, 4) is 0 Å². The second-order valence-electron chi connectivity index (χ2n) is 2.00. The van der Waals surface area contributed by atoms with Gasteiger partial charge in [-0.2, -0.15) is 0 Å². The Morgan fingerprint density at radius 3 is 2.91 bits per heavy atom. The molecule has 0 N–H and O–H groups in total. The molecule has 0 radical (unpaired) electrons. The maximum atomic E-state index is 4.29.